The molecule has 1 aromatic rings. The highest BCUT2D eigenvalue weighted by Gasteiger charge is 2.56. The fraction of sp³-hybridized carbons (Fsp3) is 0.565. The molecule has 3 aliphatic rings. The summed E-state index contributed by atoms with van der Waals surface area (Å²) in [5.74, 6) is 0.163. The Labute approximate surface area is 197 Å². The lowest BCUT2D eigenvalue weighted by molar-refractivity contribution is -0.145. The van der Waals surface area contributed by atoms with Gasteiger partial charge in [0, 0.05) is 25.0 Å². The van der Waals surface area contributed by atoms with Crippen LogP contribution in [0, 0.1) is 0 Å². The maximum Gasteiger partial charge on any atom is 0.328 e. The van der Waals surface area contributed by atoms with Crippen molar-refractivity contribution in [2.75, 3.05) is 38.2 Å². The highest BCUT2D eigenvalue weighted by atomic mass is 32.2. The molecule has 4 atom stereocenters. The standard InChI is InChI=1S/C23H30N4O5S/c1-3-32-21(29)17(9-12-33-2)24-22(30)25-10-11-26-19(14-25)20(28)27(23(26)31)18-13-16(18)15-7-5-4-6-8-15/h4-8,16-19H,3,9-14H2,1-2H3,(H,24,30)/t16-,17-,18+,19?/m0/s1. The summed E-state index contributed by atoms with van der Waals surface area (Å²) < 4.78 is 5.09. The highest BCUT2D eigenvalue weighted by Crippen LogP contribution is 2.46. The summed E-state index contributed by atoms with van der Waals surface area (Å²) in [4.78, 5) is 55.8. The monoisotopic (exact) mass is 474 g/mol. The predicted molar refractivity (Wildman–Crippen MR) is 124 cm³/mol. The Balaban J connectivity index is 1.38. The number of fused-ring (bicyclic) bond motifs is 1. The van der Waals surface area contributed by atoms with E-state index in [1.54, 1.807) is 23.6 Å². The second kappa shape index (κ2) is 10.0. The number of thioether (sulfide) groups is 1. The number of carbonyl (C=O) groups excluding carboxylic acids is 4. The Morgan fingerprint density at radius 2 is 1.97 bits per heavy atom. The number of esters is 1. The maximum atomic E-state index is 13.2. The first-order valence-electron chi connectivity index (χ1n) is 11.4. The molecule has 33 heavy (non-hydrogen) atoms. The fourth-order valence-electron chi connectivity index (χ4n) is 4.60. The van der Waals surface area contributed by atoms with E-state index >= 15 is 0 Å². The van der Waals surface area contributed by atoms with Crippen LogP contribution in [-0.4, -0.2) is 95.0 Å². The zero-order chi connectivity index (χ0) is 23.5. The van der Waals surface area contributed by atoms with Crippen molar-refractivity contribution in [3.05, 3.63) is 35.9 Å². The minimum absolute atomic E-state index is 0.119. The van der Waals surface area contributed by atoms with Crippen LogP contribution < -0.4 is 5.32 Å². The van der Waals surface area contributed by atoms with Crippen LogP contribution in [-0.2, 0) is 14.3 Å². The van der Waals surface area contributed by atoms with E-state index in [-0.39, 0.29) is 43.6 Å². The van der Waals surface area contributed by atoms with E-state index < -0.39 is 24.1 Å². The van der Waals surface area contributed by atoms with Crippen LogP contribution >= 0.6 is 11.8 Å². The molecule has 9 nitrogen and oxygen atoms in total. The van der Waals surface area contributed by atoms with E-state index in [1.165, 1.54) is 9.80 Å². The molecule has 178 valence electrons. The molecule has 4 rings (SSSR count). The van der Waals surface area contributed by atoms with Crippen LogP contribution in [0.25, 0.3) is 0 Å². The second-order valence-corrected chi connectivity index (χ2v) is 9.49. The summed E-state index contributed by atoms with van der Waals surface area (Å²) in [6.07, 6.45) is 3.16. The molecule has 1 unspecified atom stereocenters. The topological polar surface area (TPSA) is 99.3 Å². The second-order valence-electron chi connectivity index (χ2n) is 8.50. The summed E-state index contributed by atoms with van der Waals surface area (Å²) in [6, 6.07) is 7.68. The number of hydrogen-bond donors (Lipinski definition) is 1. The third-order valence-electron chi connectivity index (χ3n) is 6.44. The third-order valence-corrected chi connectivity index (χ3v) is 7.08. The van der Waals surface area contributed by atoms with Crippen molar-refractivity contribution in [3.8, 4) is 0 Å². The van der Waals surface area contributed by atoms with E-state index in [9.17, 15) is 19.2 Å². The fourth-order valence-corrected chi connectivity index (χ4v) is 5.07. The normalized spacial score (nSPS) is 25.0. The Kier molecular flexibility index (Phi) is 7.11. The minimum Gasteiger partial charge on any atom is -0.464 e. The SMILES string of the molecule is CCOC(=O)[C@H](CCSC)NC(=O)N1CCN2C(=O)N([C@@H]3C[C@H]3c3ccccc3)C(=O)C2C1. The number of hydrogen-bond acceptors (Lipinski definition) is 6. The van der Waals surface area contributed by atoms with Crippen molar-refractivity contribution in [3.63, 3.8) is 0 Å². The van der Waals surface area contributed by atoms with Gasteiger partial charge < -0.3 is 19.9 Å². The molecular formula is C23H30N4O5S. The lowest BCUT2D eigenvalue weighted by Gasteiger charge is -2.35. The van der Waals surface area contributed by atoms with Gasteiger partial charge in [0.2, 0.25) is 0 Å². The molecule has 5 amide bonds. The number of piperazine rings is 1. The highest BCUT2D eigenvalue weighted by molar-refractivity contribution is 7.98. The van der Waals surface area contributed by atoms with Gasteiger partial charge in [-0.2, -0.15) is 11.8 Å². The van der Waals surface area contributed by atoms with Crippen molar-refractivity contribution >= 4 is 35.7 Å². The molecule has 0 radical (unpaired) electrons. The summed E-state index contributed by atoms with van der Waals surface area (Å²) in [6.45, 7) is 2.68. The Morgan fingerprint density at radius 3 is 2.67 bits per heavy atom. The molecule has 1 N–H and O–H groups in total. The quantitative estimate of drug-likeness (QED) is 0.456. The van der Waals surface area contributed by atoms with Crippen LogP contribution in [0.2, 0.25) is 0 Å². The van der Waals surface area contributed by atoms with E-state index in [1.807, 2.05) is 36.6 Å². The van der Waals surface area contributed by atoms with Crippen molar-refractivity contribution < 1.29 is 23.9 Å². The van der Waals surface area contributed by atoms with Crippen LogP contribution in [0.3, 0.4) is 0 Å². The molecule has 1 aliphatic carbocycles. The predicted octanol–water partition coefficient (Wildman–Crippen LogP) is 1.89. The van der Waals surface area contributed by atoms with Gasteiger partial charge in [0.15, 0.2) is 0 Å². The Hall–Kier alpha value is -2.75. The number of imide groups is 1. The van der Waals surface area contributed by atoms with Gasteiger partial charge in [0.1, 0.15) is 12.1 Å². The Morgan fingerprint density at radius 1 is 1.21 bits per heavy atom. The number of amides is 5. The average molecular weight is 475 g/mol. The van der Waals surface area contributed by atoms with E-state index in [4.69, 9.17) is 4.74 Å². The van der Waals surface area contributed by atoms with Crippen molar-refractivity contribution in [2.24, 2.45) is 0 Å². The van der Waals surface area contributed by atoms with Gasteiger partial charge in [0.25, 0.3) is 5.91 Å². The largest absolute Gasteiger partial charge is 0.464 e. The minimum atomic E-state index is -0.738. The lowest BCUT2D eigenvalue weighted by atomic mass is 10.1. The van der Waals surface area contributed by atoms with Crippen molar-refractivity contribution in [1.29, 1.82) is 0 Å². The summed E-state index contributed by atoms with van der Waals surface area (Å²) in [7, 11) is 0. The number of ether oxygens (including phenoxy) is 1. The molecule has 1 aromatic carbocycles. The number of nitrogens with one attached hydrogen (secondary N) is 1. The van der Waals surface area contributed by atoms with Gasteiger partial charge in [-0.1, -0.05) is 30.3 Å². The van der Waals surface area contributed by atoms with Gasteiger partial charge in [-0.05, 0) is 37.3 Å². The summed E-state index contributed by atoms with van der Waals surface area (Å²) >= 11 is 1.58. The van der Waals surface area contributed by atoms with Crippen LogP contribution in [0.15, 0.2) is 30.3 Å². The first-order chi connectivity index (χ1) is 16.0. The maximum absolute atomic E-state index is 13.2. The van der Waals surface area contributed by atoms with Crippen LogP contribution in [0.4, 0.5) is 9.59 Å². The summed E-state index contributed by atoms with van der Waals surface area (Å²) in [5, 5.41) is 2.76. The van der Waals surface area contributed by atoms with E-state index in [0.717, 1.165) is 12.0 Å². The Bertz CT molecular complexity index is 913. The number of urea groups is 2. The number of benzene rings is 1. The molecule has 1 saturated carbocycles. The van der Waals surface area contributed by atoms with Gasteiger partial charge in [-0.3, -0.25) is 9.69 Å². The average Bonchev–Trinajstić information content (AvgIpc) is 3.57. The molecule has 2 heterocycles. The van der Waals surface area contributed by atoms with Crippen molar-refractivity contribution in [1.82, 2.24) is 20.0 Å². The zero-order valence-corrected chi connectivity index (χ0v) is 19.8. The molecule has 2 saturated heterocycles. The molecule has 10 heteroatoms. The first-order valence-corrected chi connectivity index (χ1v) is 12.7. The van der Waals surface area contributed by atoms with Crippen LogP contribution in [0.5, 0.6) is 0 Å². The number of nitrogens with zero attached hydrogens (tertiary/aromatic N) is 3. The molecule has 0 aromatic heterocycles. The molecule has 3 fully saturated rings. The van der Waals surface area contributed by atoms with Crippen LogP contribution in [0.1, 0.15) is 31.2 Å². The van der Waals surface area contributed by atoms with E-state index in [2.05, 4.69) is 5.32 Å². The first kappa shape index (κ1) is 23.4. The molecule has 0 spiro atoms. The smallest absolute Gasteiger partial charge is 0.328 e. The number of carbonyl (C=O) groups is 4. The third kappa shape index (κ3) is 4.80. The van der Waals surface area contributed by atoms with Gasteiger partial charge >= 0.3 is 18.0 Å². The zero-order valence-electron chi connectivity index (χ0n) is 18.9. The summed E-state index contributed by atoms with van der Waals surface area (Å²) in [5.41, 5.74) is 1.13. The van der Waals surface area contributed by atoms with Gasteiger partial charge in [-0.25, -0.2) is 14.4 Å². The molecule has 2 aliphatic heterocycles. The van der Waals surface area contributed by atoms with Crippen molar-refractivity contribution in [2.45, 2.75) is 43.8 Å². The van der Waals surface area contributed by atoms with Gasteiger partial charge in [0.05, 0.1) is 13.2 Å². The van der Waals surface area contributed by atoms with Gasteiger partial charge in [-0.15, -0.1) is 0 Å². The number of rotatable bonds is 8. The lowest BCUT2D eigenvalue weighted by Crippen LogP contribution is -2.58. The molecule has 0 bridgehead atoms. The van der Waals surface area contributed by atoms with E-state index in [0.29, 0.717) is 18.7 Å². The molecular weight excluding hydrogens is 444 g/mol.